The Bertz CT molecular complexity index is 341. The fourth-order valence-corrected chi connectivity index (χ4v) is 1.59. The average molecular weight is 272 g/mol. The van der Waals surface area contributed by atoms with Crippen LogP contribution in [0.2, 0.25) is 0 Å². The number of ether oxygens (including phenoxy) is 1. The summed E-state index contributed by atoms with van der Waals surface area (Å²) in [4.78, 5) is 11.1. The van der Waals surface area contributed by atoms with Crippen LogP contribution < -0.4 is 5.32 Å². The zero-order valence-corrected chi connectivity index (χ0v) is 10.4. The number of hydrogen-bond donors (Lipinski definition) is 1. The molecule has 0 fully saturated rings. The van der Waals surface area contributed by atoms with Crippen molar-refractivity contribution in [1.82, 2.24) is 5.32 Å². The van der Waals surface area contributed by atoms with E-state index in [1.807, 2.05) is 24.3 Å². The van der Waals surface area contributed by atoms with Crippen molar-refractivity contribution < 1.29 is 9.53 Å². The van der Waals surface area contributed by atoms with Gasteiger partial charge in [0.15, 0.2) is 0 Å². The first-order chi connectivity index (χ1) is 7.15. The van der Waals surface area contributed by atoms with Gasteiger partial charge in [0.2, 0.25) is 0 Å². The molecule has 1 rings (SSSR count). The lowest BCUT2D eigenvalue weighted by Gasteiger charge is -2.12. The molecule has 0 aromatic heterocycles. The van der Waals surface area contributed by atoms with Crippen molar-refractivity contribution in [2.45, 2.75) is 19.5 Å². The molecule has 82 valence electrons. The minimum Gasteiger partial charge on any atom is -0.468 e. The monoisotopic (exact) mass is 271 g/mol. The molecule has 1 atom stereocenters. The van der Waals surface area contributed by atoms with E-state index in [-0.39, 0.29) is 12.0 Å². The number of nitrogens with one attached hydrogen (secondary N) is 1. The van der Waals surface area contributed by atoms with Crippen LogP contribution >= 0.6 is 15.9 Å². The molecule has 4 heteroatoms. The molecule has 0 bridgehead atoms. The van der Waals surface area contributed by atoms with Crippen molar-refractivity contribution >= 4 is 21.9 Å². The smallest absolute Gasteiger partial charge is 0.322 e. The first-order valence-corrected chi connectivity index (χ1v) is 5.49. The van der Waals surface area contributed by atoms with Crippen molar-refractivity contribution in [2.24, 2.45) is 0 Å². The maximum atomic E-state index is 11.1. The van der Waals surface area contributed by atoms with Crippen LogP contribution in [0.15, 0.2) is 28.7 Å². The number of carbonyl (C=O) groups is 1. The summed E-state index contributed by atoms with van der Waals surface area (Å²) >= 11 is 3.44. The molecule has 1 unspecified atom stereocenters. The Morgan fingerprint density at radius 2 is 2.20 bits per heavy atom. The van der Waals surface area contributed by atoms with E-state index in [0.717, 1.165) is 10.0 Å². The van der Waals surface area contributed by atoms with Gasteiger partial charge in [0.1, 0.15) is 6.04 Å². The van der Waals surface area contributed by atoms with Gasteiger partial charge in [0.05, 0.1) is 7.11 Å². The highest BCUT2D eigenvalue weighted by Crippen LogP contribution is 2.15. The van der Waals surface area contributed by atoms with Crippen LogP contribution in [0.25, 0.3) is 0 Å². The first-order valence-electron chi connectivity index (χ1n) is 4.69. The Balaban J connectivity index is 2.50. The van der Waals surface area contributed by atoms with Gasteiger partial charge in [0.25, 0.3) is 0 Å². The van der Waals surface area contributed by atoms with Crippen LogP contribution in [0.4, 0.5) is 0 Å². The molecular formula is C11H14BrNO2. The lowest BCUT2D eigenvalue weighted by molar-refractivity contribution is -0.142. The largest absolute Gasteiger partial charge is 0.468 e. The highest BCUT2D eigenvalue weighted by Gasteiger charge is 2.11. The van der Waals surface area contributed by atoms with Gasteiger partial charge < -0.3 is 10.1 Å². The van der Waals surface area contributed by atoms with Crippen LogP contribution in [0.5, 0.6) is 0 Å². The zero-order chi connectivity index (χ0) is 11.3. The third-order valence-corrected chi connectivity index (χ3v) is 2.88. The van der Waals surface area contributed by atoms with Crippen LogP contribution in [0, 0.1) is 0 Å². The summed E-state index contributed by atoms with van der Waals surface area (Å²) in [5.74, 6) is -0.248. The summed E-state index contributed by atoms with van der Waals surface area (Å²) in [6, 6.07) is 7.60. The van der Waals surface area contributed by atoms with Gasteiger partial charge in [-0.1, -0.05) is 34.1 Å². The molecule has 1 N–H and O–H groups in total. The third-order valence-electron chi connectivity index (χ3n) is 2.11. The first kappa shape index (κ1) is 12.2. The number of carbonyl (C=O) groups excluding carboxylic acids is 1. The van der Waals surface area contributed by atoms with E-state index >= 15 is 0 Å². The molecule has 0 aliphatic rings. The Hall–Kier alpha value is -0.870. The normalized spacial score (nSPS) is 12.2. The molecule has 0 saturated heterocycles. The van der Waals surface area contributed by atoms with Crippen LogP contribution in [0.3, 0.4) is 0 Å². The van der Waals surface area contributed by atoms with Crippen molar-refractivity contribution in [3.05, 3.63) is 34.3 Å². The number of hydrogen-bond acceptors (Lipinski definition) is 3. The number of halogens is 1. The molecule has 1 aromatic carbocycles. The van der Waals surface area contributed by atoms with E-state index in [1.165, 1.54) is 7.11 Å². The minimum absolute atomic E-state index is 0.248. The summed E-state index contributed by atoms with van der Waals surface area (Å²) in [5.41, 5.74) is 1.12. The Morgan fingerprint density at radius 3 is 2.80 bits per heavy atom. The topological polar surface area (TPSA) is 38.3 Å². The fourth-order valence-electron chi connectivity index (χ4n) is 1.16. The van der Waals surface area contributed by atoms with Gasteiger partial charge in [-0.05, 0) is 18.6 Å². The van der Waals surface area contributed by atoms with E-state index in [0.29, 0.717) is 6.54 Å². The Morgan fingerprint density at radius 1 is 1.53 bits per heavy atom. The Labute approximate surface area is 97.9 Å². The lowest BCUT2D eigenvalue weighted by atomic mass is 10.2. The van der Waals surface area contributed by atoms with E-state index in [2.05, 4.69) is 26.0 Å². The van der Waals surface area contributed by atoms with E-state index in [9.17, 15) is 4.79 Å². The van der Waals surface area contributed by atoms with Crippen molar-refractivity contribution in [2.75, 3.05) is 7.11 Å². The standard InChI is InChI=1S/C11H14BrNO2/c1-8(11(14)15-2)13-7-9-5-3-4-6-10(9)12/h3-6,8,13H,7H2,1-2H3. The SMILES string of the molecule is COC(=O)C(C)NCc1ccccc1Br. The van der Waals surface area contributed by atoms with Crippen LogP contribution in [-0.4, -0.2) is 19.1 Å². The average Bonchev–Trinajstić information content (AvgIpc) is 2.26. The second-order valence-corrected chi connectivity index (χ2v) is 4.07. The molecule has 0 radical (unpaired) electrons. The number of methoxy groups -OCH3 is 1. The second kappa shape index (κ2) is 5.88. The molecule has 0 heterocycles. The number of benzene rings is 1. The van der Waals surface area contributed by atoms with E-state index in [4.69, 9.17) is 0 Å². The Kier molecular flexibility index (Phi) is 4.78. The molecule has 1 aromatic rings. The summed E-state index contributed by atoms with van der Waals surface area (Å²) in [7, 11) is 1.39. The highest BCUT2D eigenvalue weighted by molar-refractivity contribution is 9.10. The maximum Gasteiger partial charge on any atom is 0.322 e. The molecule has 0 saturated carbocycles. The summed E-state index contributed by atoms with van der Waals surface area (Å²) in [6.45, 7) is 2.42. The van der Waals surface area contributed by atoms with Crippen molar-refractivity contribution in [1.29, 1.82) is 0 Å². The molecule has 0 amide bonds. The molecule has 15 heavy (non-hydrogen) atoms. The molecule has 0 aliphatic heterocycles. The summed E-state index contributed by atoms with van der Waals surface area (Å²) in [6.07, 6.45) is 0. The predicted octanol–water partition coefficient (Wildman–Crippen LogP) is 2.10. The fraction of sp³-hybridized carbons (Fsp3) is 0.364. The molecule has 3 nitrogen and oxygen atoms in total. The molecule has 0 aliphatic carbocycles. The van der Waals surface area contributed by atoms with Crippen LogP contribution in [-0.2, 0) is 16.1 Å². The number of rotatable bonds is 4. The van der Waals surface area contributed by atoms with Gasteiger partial charge in [-0.25, -0.2) is 0 Å². The minimum atomic E-state index is -0.290. The summed E-state index contributed by atoms with van der Waals surface area (Å²) in [5, 5.41) is 3.09. The van der Waals surface area contributed by atoms with Gasteiger partial charge >= 0.3 is 5.97 Å². The van der Waals surface area contributed by atoms with Gasteiger partial charge in [-0.15, -0.1) is 0 Å². The predicted molar refractivity (Wildman–Crippen MR) is 62.5 cm³/mol. The highest BCUT2D eigenvalue weighted by atomic mass is 79.9. The van der Waals surface area contributed by atoms with E-state index < -0.39 is 0 Å². The second-order valence-electron chi connectivity index (χ2n) is 3.22. The van der Waals surface area contributed by atoms with Crippen LogP contribution in [0.1, 0.15) is 12.5 Å². The van der Waals surface area contributed by atoms with Crippen molar-refractivity contribution in [3.8, 4) is 0 Å². The zero-order valence-electron chi connectivity index (χ0n) is 8.79. The van der Waals surface area contributed by atoms with Gasteiger partial charge in [-0.3, -0.25) is 4.79 Å². The van der Waals surface area contributed by atoms with Gasteiger partial charge in [-0.2, -0.15) is 0 Å². The third kappa shape index (κ3) is 3.64. The molecular weight excluding hydrogens is 258 g/mol. The summed E-state index contributed by atoms with van der Waals surface area (Å²) < 4.78 is 5.65. The van der Waals surface area contributed by atoms with Gasteiger partial charge in [0, 0.05) is 11.0 Å². The quantitative estimate of drug-likeness (QED) is 0.853. The van der Waals surface area contributed by atoms with Crippen molar-refractivity contribution in [3.63, 3.8) is 0 Å². The maximum absolute atomic E-state index is 11.1. The lowest BCUT2D eigenvalue weighted by Crippen LogP contribution is -2.34. The number of esters is 1. The van der Waals surface area contributed by atoms with E-state index in [1.54, 1.807) is 6.92 Å². The molecule has 0 spiro atoms.